The third-order valence-electron chi connectivity index (χ3n) is 9.07. The normalized spacial score (nSPS) is 19.5. The van der Waals surface area contributed by atoms with Crippen LogP contribution in [0.15, 0.2) is 59.5 Å². The number of hydrogen-bond donors (Lipinski definition) is 0. The molecular formula is C33H39N5O3S. The molecule has 3 fully saturated rings. The van der Waals surface area contributed by atoms with Crippen LogP contribution in [0.4, 0.5) is 0 Å². The summed E-state index contributed by atoms with van der Waals surface area (Å²) in [6.45, 7) is 9.27. The predicted molar refractivity (Wildman–Crippen MR) is 165 cm³/mol. The number of nitrogens with zero attached hydrogens (tertiary/aromatic N) is 5. The van der Waals surface area contributed by atoms with E-state index in [0.717, 1.165) is 98.2 Å². The average Bonchev–Trinajstić information content (AvgIpc) is 3.77. The van der Waals surface area contributed by atoms with Crippen molar-refractivity contribution in [1.82, 2.24) is 24.3 Å². The number of sulfone groups is 1. The number of benzene rings is 2. The van der Waals surface area contributed by atoms with E-state index in [4.69, 9.17) is 14.7 Å². The van der Waals surface area contributed by atoms with Gasteiger partial charge in [-0.3, -0.25) is 9.80 Å². The summed E-state index contributed by atoms with van der Waals surface area (Å²) < 4.78 is 31.7. The first-order chi connectivity index (χ1) is 20.3. The zero-order valence-electron chi connectivity index (χ0n) is 24.5. The fourth-order valence-electron chi connectivity index (χ4n) is 6.52. The number of piperidine rings is 1. The topological polar surface area (TPSA) is 80.6 Å². The van der Waals surface area contributed by atoms with Crippen molar-refractivity contribution >= 4 is 21.0 Å². The molecule has 0 amide bonds. The Morgan fingerprint density at radius 3 is 2.14 bits per heavy atom. The van der Waals surface area contributed by atoms with Crippen LogP contribution in [-0.2, 0) is 21.1 Å². The van der Waals surface area contributed by atoms with Gasteiger partial charge >= 0.3 is 0 Å². The van der Waals surface area contributed by atoms with Crippen LogP contribution < -0.4 is 0 Å². The molecule has 1 saturated carbocycles. The Bertz CT molecular complexity index is 1680. The first kappa shape index (κ1) is 27.7. The van der Waals surface area contributed by atoms with E-state index in [1.165, 1.54) is 24.7 Å². The van der Waals surface area contributed by atoms with Crippen LogP contribution >= 0.6 is 0 Å². The summed E-state index contributed by atoms with van der Waals surface area (Å²) in [7, 11) is -3.25. The van der Waals surface area contributed by atoms with Gasteiger partial charge in [0.25, 0.3) is 0 Å². The SMILES string of the molecule is Cc1cc(-c2ccc(CN3CCC(N4CCOCC4)CC3)cc2)nc2c1nc(-c1ccc(S(C)(=O)=O)cc1)n2C1CC1. The number of pyridine rings is 1. The van der Waals surface area contributed by atoms with Crippen molar-refractivity contribution in [2.75, 3.05) is 45.6 Å². The van der Waals surface area contributed by atoms with Gasteiger partial charge in [-0.25, -0.2) is 18.4 Å². The summed E-state index contributed by atoms with van der Waals surface area (Å²) in [6.07, 6.45) is 5.91. The van der Waals surface area contributed by atoms with Crippen LogP contribution in [-0.4, -0.2) is 84.4 Å². The van der Waals surface area contributed by atoms with Gasteiger partial charge < -0.3 is 9.30 Å². The maximum atomic E-state index is 12.0. The minimum atomic E-state index is -3.25. The number of rotatable bonds is 7. The second kappa shape index (κ2) is 11.2. The van der Waals surface area contributed by atoms with Crippen molar-refractivity contribution in [3.63, 3.8) is 0 Å². The monoisotopic (exact) mass is 585 g/mol. The zero-order valence-corrected chi connectivity index (χ0v) is 25.3. The molecule has 0 spiro atoms. The first-order valence-electron chi connectivity index (χ1n) is 15.2. The van der Waals surface area contributed by atoms with Crippen molar-refractivity contribution in [3.05, 3.63) is 65.7 Å². The quantitative estimate of drug-likeness (QED) is 0.298. The summed E-state index contributed by atoms with van der Waals surface area (Å²) in [5, 5.41) is 0. The van der Waals surface area contributed by atoms with E-state index >= 15 is 0 Å². The van der Waals surface area contributed by atoms with Gasteiger partial charge in [0.2, 0.25) is 0 Å². The van der Waals surface area contributed by atoms with Gasteiger partial charge in [0.05, 0.1) is 23.8 Å². The number of aromatic nitrogens is 3. The van der Waals surface area contributed by atoms with E-state index in [1.807, 2.05) is 12.1 Å². The maximum absolute atomic E-state index is 12.0. The van der Waals surface area contributed by atoms with Crippen LogP contribution in [0.3, 0.4) is 0 Å². The summed E-state index contributed by atoms with van der Waals surface area (Å²) in [4.78, 5) is 15.7. The molecule has 0 N–H and O–H groups in total. The Labute approximate surface area is 248 Å². The number of imidazole rings is 1. The minimum Gasteiger partial charge on any atom is -0.379 e. The molecule has 0 unspecified atom stereocenters. The van der Waals surface area contributed by atoms with Gasteiger partial charge in [-0.15, -0.1) is 0 Å². The van der Waals surface area contributed by atoms with E-state index in [1.54, 1.807) is 12.1 Å². The number of hydrogen-bond acceptors (Lipinski definition) is 7. The lowest BCUT2D eigenvalue weighted by atomic mass is 10.0. The van der Waals surface area contributed by atoms with Crippen LogP contribution in [0.25, 0.3) is 33.8 Å². The number of morpholine rings is 1. The van der Waals surface area contributed by atoms with Crippen molar-refractivity contribution in [2.24, 2.45) is 0 Å². The zero-order chi connectivity index (χ0) is 28.8. The highest BCUT2D eigenvalue weighted by Crippen LogP contribution is 2.42. The highest BCUT2D eigenvalue weighted by atomic mass is 32.2. The fourth-order valence-corrected chi connectivity index (χ4v) is 7.15. The molecule has 0 bridgehead atoms. The predicted octanol–water partition coefficient (Wildman–Crippen LogP) is 5.11. The Balaban J connectivity index is 1.10. The highest BCUT2D eigenvalue weighted by molar-refractivity contribution is 7.90. The molecule has 2 aliphatic heterocycles. The van der Waals surface area contributed by atoms with Crippen LogP contribution in [0.1, 0.15) is 42.9 Å². The minimum absolute atomic E-state index is 0.317. The average molecular weight is 586 g/mol. The van der Waals surface area contributed by atoms with Gasteiger partial charge in [-0.05, 0) is 87.2 Å². The molecule has 8 nitrogen and oxygen atoms in total. The number of fused-ring (bicyclic) bond motifs is 1. The van der Waals surface area contributed by atoms with Gasteiger partial charge in [-0.2, -0.15) is 0 Å². The summed E-state index contributed by atoms with van der Waals surface area (Å²) >= 11 is 0. The number of aryl methyl sites for hydroxylation is 1. The van der Waals surface area contributed by atoms with Gasteiger partial charge in [0, 0.05) is 49.1 Å². The van der Waals surface area contributed by atoms with E-state index in [-0.39, 0.29) is 0 Å². The molecule has 4 aromatic rings. The molecule has 2 saturated heterocycles. The summed E-state index contributed by atoms with van der Waals surface area (Å²) in [6, 6.07) is 19.2. The van der Waals surface area contributed by atoms with Crippen LogP contribution in [0.5, 0.6) is 0 Å². The molecule has 2 aromatic heterocycles. The molecule has 9 heteroatoms. The summed E-state index contributed by atoms with van der Waals surface area (Å²) in [5.41, 5.74) is 7.22. The number of likely N-dealkylation sites (tertiary alicyclic amines) is 1. The Morgan fingerprint density at radius 2 is 1.50 bits per heavy atom. The van der Waals surface area contributed by atoms with Crippen molar-refractivity contribution < 1.29 is 13.2 Å². The Morgan fingerprint density at radius 1 is 0.833 bits per heavy atom. The van der Waals surface area contributed by atoms with E-state index in [9.17, 15) is 8.42 Å². The largest absolute Gasteiger partial charge is 0.379 e. The van der Waals surface area contributed by atoms with E-state index < -0.39 is 9.84 Å². The second-order valence-electron chi connectivity index (χ2n) is 12.2. The maximum Gasteiger partial charge on any atom is 0.175 e. The molecule has 42 heavy (non-hydrogen) atoms. The number of ether oxygens (including phenoxy) is 1. The Kier molecular flexibility index (Phi) is 7.38. The molecule has 0 atom stereocenters. The highest BCUT2D eigenvalue weighted by Gasteiger charge is 2.30. The molecular weight excluding hydrogens is 546 g/mol. The lowest BCUT2D eigenvalue weighted by molar-refractivity contribution is 0.000231. The van der Waals surface area contributed by atoms with Crippen LogP contribution in [0.2, 0.25) is 0 Å². The first-order valence-corrected chi connectivity index (χ1v) is 17.1. The third-order valence-corrected chi connectivity index (χ3v) is 10.2. The van der Waals surface area contributed by atoms with Gasteiger partial charge in [0.15, 0.2) is 15.5 Å². The van der Waals surface area contributed by atoms with Crippen LogP contribution in [0, 0.1) is 6.92 Å². The lowest BCUT2D eigenvalue weighted by Crippen LogP contribution is -2.48. The standard InChI is InChI=1S/C33H39N5O3S/c1-23-21-30(25-5-3-24(4-6-25)22-36-15-13-27(14-16-36)37-17-19-41-20-18-37)34-33-31(23)35-32(38(33)28-9-10-28)26-7-11-29(12-8-26)42(2,39)40/h3-8,11-12,21,27-28H,9-10,13-20,22H2,1-2H3. The van der Waals surface area contributed by atoms with E-state index in [2.05, 4.69) is 51.6 Å². The molecule has 3 aliphatic rings. The molecule has 1 aliphatic carbocycles. The fraction of sp³-hybridized carbons (Fsp3) is 0.455. The van der Waals surface area contributed by atoms with Crippen molar-refractivity contribution in [2.45, 2.75) is 56.1 Å². The lowest BCUT2D eigenvalue weighted by Gasteiger charge is -2.40. The Hall–Kier alpha value is -3.11. The molecule has 0 radical (unpaired) electrons. The van der Waals surface area contributed by atoms with Gasteiger partial charge in [0.1, 0.15) is 11.3 Å². The molecule has 2 aromatic carbocycles. The van der Waals surface area contributed by atoms with Crippen molar-refractivity contribution in [3.8, 4) is 22.6 Å². The molecule has 7 rings (SSSR count). The third kappa shape index (κ3) is 5.63. The molecule has 220 valence electrons. The second-order valence-corrected chi connectivity index (χ2v) is 14.2. The van der Waals surface area contributed by atoms with E-state index in [0.29, 0.717) is 17.0 Å². The van der Waals surface area contributed by atoms with Gasteiger partial charge in [-0.1, -0.05) is 24.3 Å². The summed E-state index contributed by atoms with van der Waals surface area (Å²) in [5.74, 6) is 0.855. The smallest absolute Gasteiger partial charge is 0.175 e. The van der Waals surface area contributed by atoms with Crippen molar-refractivity contribution in [1.29, 1.82) is 0 Å². The molecule has 4 heterocycles.